The van der Waals surface area contributed by atoms with Gasteiger partial charge in [-0.25, -0.2) is 17.6 Å². The number of anilines is 1. The Morgan fingerprint density at radius 3 is 2.67 bits per heavy atom. The zero-order valence-corrected chi connectivity index (χ0v) is 12.6. The molecule has 1 aromatic carbocycles. The van der Waals surface area contributed by atoms with Crippen LogP contribution in [0.25, 0.3) is 10.9 Å². The highest BCUT2D eigenvalue weighted by atomic mass is 32.2. The van der Waals surface area contributed by atoms with Gasteiger partial charge in [-0.05, 0) is 19.1 Å². The zero-order valence-electron chi connectivity index (χ0n) is 11.8. The van der Waals surface area contributed by atoms with Gasteiger partial charge in [0.05, 0.1) is 29.5 Å². The fraction of sp³-hybridized carbons (Fsp3) is 0.308. The van der Waals surface area contributed by atoms with Crippen LogP contribution < -0.4 is 4.72 Å². The number of carbonyl (C=O) groups is 1. The van der Waals surface area contributed by atoms with E-state index in [1.54, 1.807) is 20.0 Å². The molecule has 0 radical (unpaired) electrons. The highest BCUT2D eigenvalue weighted by Gasteiger charge is 2.25. The van der Waals surface area contributed by atoms with E-state index in [1.165, 1.54) is 16.7 Å². The minimum Gasteiger partial charge on any atom is -0.461 e. The second kappa shape index (κ2) is 5.36. The van der Waals surface area contributed by atoms with Crippen molar-refractivity contribution in [3.8, 4) is 0 Å². The lowest BCUT2D eigenvalue weighted by atomic mass is 10.2. The minimum absolute atomic E-state index is 0.0356. The second-order valence-corrected chi connectivity index (χ2v) is 6.26. The molecule has 0 saturated carbocycles. The number of hydrogen-bond acceptors (Lipinski definition) is 4. The third-order valence-corrected chi connectivity index (χ3v) is 3.51. The summed E-state index contributed by atoms with van der Waals surface area (Å²) in [6.45, 7) is 1.76. The van der Waals surface area contributed by atoms with Crippen LogP contribution in [0.5, 0.6) is 0 Å². The van der Waals surface area contributed by atoms with E-state index in [9.17, 15) is 17.6 Å². The number of aromatic nitrogens is 1. The quantitative estimate of drug-likeness (QED) is 0.874. The second-order valence-electron chi connectivity index (χ2n) is 4.51. The van der Waals surface area contributed by atoms with Gasteiger partial charge in [0.25, 0.3) is 0 Å². The molecule has 1 aromatic heterocycles. The Labute approximate surface area is 121 Å². The monoisotopic (exact) mass is 314 g/mol. The number of nitrogens with zero attached hydrogens (tertiary/aromatic N) is 1. The smallest absolute Gasteiger partial charge is 0.357 e. The van der Waals surface area contributed by atoms with Crippen LogP contribution in [0, 0.1) is 5.82 Å². The maximum atomic E-state index is 14.1. The first-order chi connectivity index (χ1) is 9.76. The van der Waals surface area contributed by atoms with E-state index >= 15 is 0 Å². The van der Waals surface area contributed by atoms with Crippen molar-refractivity contribution in [3.05, 3.63) is 29.7 Å². The van der Waals surface area contributed by atoms with Crippen molar-refractivity contribution in [1.82, 2.24) is 4.57 Å². The summed E-state index contributed by atoms with van der Waals surface area (Å²) in [6.07, 6.45) is 0.932. The first-order valence-corrected chi connectivity index (χ1v) is 8.07. The van der Waals surface area contributed by atoms with Crippen LogP contribution in [0.2, 0.25) is 0 Å². The summed E-state index contributed by atoms with van der Waals surface area (Å²) in [6, 6.07) is 4.27. The number of esters is 1. The molecule has 0 bridgehead atoms. The van der Waals surface area contributed by atoms with Crippen molar-refractivity contribution in [2.75, 3.05) is 17.6 Å². The van der Waals surface area contributed by atoms with Crippen LogP contribution >= 0.6 is 0 Å². The summed E-state index contributed by atoms with van der Waals surface area (Å²) in [5, 5.41) is 0.0356. The molecule has 21 heavy (non-hydrogen) atoms. The van der Waals surface area contributed by atoms with Crippen LogP contribution in [-0.2, 0) is 21.8 Å². The van der Waals surface area contributed by atoms with Crippen LogP contribution in [0.1, 0.15) is 17.4 Å². The highest BCUT2D eigenvalue weighted by molar-refractivity contribution is 7.92. The third-order valence-electron chi connectivity index (χ3n) is 2.93. The Morgan fingerprint density at radius 2 is 2.10 bits per heavy atom. The molecule has 0 aliphatic carbocycles. The molecule has 8 heteroatoms. The SMILES string of the molecule is CCOC(=O)c1c(NS(C)(=O)=O)c2c(F)cccc2n1C. The highest BCUT2D eigenvalue weighted by Crippen LogP contribution is 2.33. The number of ether oxygens (including phenoxy) is 1. The number of halogens is 1. The van der Waals surface area contributed by atoms with Gasteiger partial charge in [-0.2, -0.15) is 0 Å². The summed E-state index contributed by atoms with van der Waals surface area (Å²) >= 11 is 0. The van der Waals surface area contributed by atoms with E-state index in [0.717, 1.165) is 6.26 Å². The van der Waals surface area contributed by atoms with Gasteiger partial charge in [0.15, 0.2) is 5.69 Å². The van der Waals surface area contributed by atoms with Gasteiger partial charge in [0.1, 0.15) is 5.82 Å². The first kappa shape index (κ1) is 15.3. The normalized spacial score (nSPS) is 11.6. The Kier molecular flexibility index (Phi) is 3.91. The van der Waals surface area contributed by atoms with Crippen molar-refractivity contribution in [1.29, 1.82) is 0 Å². The van der Waals surface area contributed by atoms with Gasteiger partial charge in [-0.3, -0.25) is 4.72 Å². The fourth-order valence-corrected chi connectivity index (χ4v) is 2.74. The van der Waals surface area contributed by atoms with Crippen LogP contribution in [0.3, 0.4) is 0 Å². The van der Waals surface area contributed by atoms with Crippen molar-refractivity contribution in [2.45, 2.75) is 6.92 Å². The predicted molar refractivity (Wildman–Crippen MR) is 77.3 cm³/mol. The van der Waals surface area contributed by atoms with Gasteiger partial charge < -0.3 is 9.30 Å². The van der Waals surface area contributed by atoms with Gasteiger partial charge in [0.2, 0.25) is 10.0 Å². The average molecular weight is 314 g/mol. The van der Waals surface area contributed by atoms with E-state index in [1.807, 2.05) is 0 Å². The standard InChI is InChI=1S/C13H15FN2O4S/c1-4-20-13(17)12-11(15-21(3,18)19)10-8(14)6-5-7-9(10)16(12)2/h5-7,15H,4H2,1-3H3. The van der Waals surface area contributed by atoms with Crippen molar-refractivity contribution in [3.63, 3.8) is 0 Å². The zero-order chi connectivity index (χ0) is 15.8. The molecular weight excluding hydrogens is 299 g/mol. The lowest BCUT2D eigenvalue weighted by molar-refractivity contribution is 0.0517. The summed E-state index contributed by atoms with van der Waals surface area (Å²) in [5.41, 5.74) is 0.248. The molecule has 0 aliphatic rings. The number of carbonyl (C=O) groups excluding carboxylic acids is 1. The lowest BCUT2D eigenvalue weighted by Crippen LogP contribution is -2.16. The fourth-order valence-electron chi connectivity index (χ4n) is 2.17. The van der Waals surface area contributed by atoms with Crippen LogP contribution in [0.15, 0.2) is 18.2 Å². The molecule has 0 aliphatic heterocycles. The molecular formula is C13H15FN2O4S. The molecule has 1 heterocycles. The Morgan fingerprint density at radius 1 is 1.43 bits per heavy atom. The average Bonchev–Trinajstić information content (AvgIpc) is 2.62. The topological polar surface area (TPSA) is 77.4 Å². The van der Waals surface area contributed by atoms with E-state index in [-0.39, 0.29) is 23.4 Å². The van der Waals surface area contributed by atoms with Crippen molar-refractivity contribution < 1.29 is 22.3 Å². The Balaban J connectivity index is 2.82. The number of benzene rings is 1. The molecule has 1 N–H and O–H groups in total. The summed E-state index contributed by atoms with van der Waals surface area (Å²) in [7, 11) is -2.14. The molecule has 0 saturated heterocycles. The lowest BCUT2D eigenvalue weighted by Gasteiger charge is -2.08. The number of fused-ring (bicyclic) bond motifs is 1. The molecule has 0 atom stereocenters. The largest absolute Gasteiger partial charge is 0.461 e. The summed E-state index contributed by atoms with van der Waals surface area (Å²) in [5.74, 6) is -1.34. The Bertz CT molecular complexity index is 811. The van der Waals surface area contributed by atoms with Gasteiger partial charge in [0, 0.05) is 7.05 Å². The third kappa shape index (κ3) is 2.85. The number of aryl methyl sites for hydroxylation is 1. The molecule has 6 nitrogen and oxygen atoms in total. The van der Waals surface area contributed by atoms with Gasteiger partial charge >= 0.3 is 5.97 Å². The maximum Gasteiger partial charge on any atom is 0.357 e. The molecule has 0 amide bonds. The maximum absolute atomic E-state index is 14.1. The molecule has 114 valence electrons. The van der Waals surface area contributed by atoms with Crippen molar-refractivity contribution in [2.24, 2.45) is 7.05 Å². The first-order valence-electron chi connectivity index (χ1n) is 6.18. The van der Waals surface area contributed by atoms with Crippen molar-refractivity contribution >= 4 is 32.6 Å². The Hall–Kier alpha value is -2.09. The summed E-state index contributed by atoms with van der Waals surface area (Å²) < 4.78 is 45.6. The number of nitrogens with one attached hydrogen (secondary N) is 1. The minimum atomic E-state index is -3.68. The van der Waals surface area contributed by atoms with Crippen LogP contribution in [0.4, 0.5) is 10.1 Å². The van der Waals surface area contributed by atoms with E-state index < -0.39 is 21.8 Å². The number of hydrogen-bond donors (Lipinski definition) is 1. The van der Waals surface area contributed by atoms with Gasteiger partial charge in [-0.1, -0.05) is 6.07 Å². The molecule has 2 rings (SSSR count). The number of sulfonamides is 1. The number of rotatable bonds is 4. The molecule has 0 fully saturated rings. The molecule has 0 unspecified atom stereocenters. The predicted octanol–water partition coefficient (Wildman–Crippen LogP) is 1.87. The van der Waals surface area contributed by atoms with Gasteiger partial charge in [-0.15, -0.1) is 0 Å². The van der Waals surface area contributed by atoms with E-state index in [4.69, 9.17) is 4.74 Å². The summed E-state index contributed by atoms with van der Waals surface area (Å²) in [4.78, 5) is 12.1. The molecule has 0 spiro atoms. The van der Waals surface area contributed by atoms with E-state index in [0.29, 0.717) is 5.52 Å². The van der Waals surface area contributed by atoms with E-state index in [2.05, 4.69) is 4.72 Å². The van der Waals surface area contributed by atoms with Crippen LogP contribution in [-0.4, -0.2) is 31.8 Å². The molecule has 2 aromatic rings.